The van der Waals surface area contributed by atoms with Crippen LogP contribution in [0.3, 0.4) is 0 Å². The Labute approximate surface area is 154 Å². The Hall–Kier alpha value is -2.08. The van der Waals surface area contributed by atoms with E-state index in [4.69, 9.17) is 27.9 Å². The molecule has 1 fully saturated rings. The largest absolute Gasteiger partial charge is 0.370 e. The van der Waals surface area contributed by atoms with Crippen molar-refractivity contribution in [2.24, 2.45) is 0 Å². The lowest BCUT2D eigenvalue weighted by Crippen LogP contribution is -2.12. The van der Waals surface area contributed by atoms with Gasteiger partial charge in [0.05, 0.1) is 21.6 Å². The highest BCUT2D eigenvalue weighted by atomic mass is 35.5. The van der Waals surface area contributed by atoms with Crippen molar-refractivity contribution in [3.8, 4) is 0 Å². The normalized spacial score (nSPS) is 17.1. The lowest BCUT2D eigenvalue weighted by molar-refractivity contribution is 0.102. The van der Waals surface area contributed by atoms with Crippen molar-refractivity contribution in [3.63, 3.8) is 0 Å². The zero-order valence-corrected chi connectivity index (χ0v) is 14.7. The standard InChI is InChI=1S/C18H15Cl2N3O2/c19-10-3-5-12(13(20)8-10)18(24)21-11-4-6-14-15(9-11)23-17(22-14)16-2-1-7-25-16/h3-6,8-9,16H,1-2,7H2,(H,21,24)(H,22,23). The molecule has 1 amide bonds. The number of imidazole rings is 1. The van der Waals surface area contributed by atoms with E-state index in [1.54, 1.807) is 18.2 Å². The van der Waals surface area contributed by atoms with Crippen LogP contribution in [0, 0.1) is 0 Å². The van der Waals surface area contributed by atoms with Crippen molar-refractivity contribution in [2.45, 2.75) is 18.9 Å². The van der Waals surface area contributed by atoms with Crippen molar-refractivity contribution < 1.29 is 9.53 Å². The molecule has 3 aromatic rings. The second-order valence-electron chi connectivity index (χ2n) is 5.93. The van der Waals surface area contributed by atoms with Crippen molar-refractivity contribution in [2.75, 3.05) is 11.9 Å². The summed E-state index contributed by atoms with van der Waals surface area (Å²) in [5.41, 5.74) is 2.72. The van der Waals surface area contributed by atoms with Gasteiger partial charge in [0.2, 0.25) is 0 Å². The van der Waals surface area contributed by atoms with Crippen LogP contribution in [0.1, 0.15) is 35.1 Å². The van der Waals surface area contributed by atoms with Crippen LogP contribution in [0.25, 0.3) is 11.0 Å². The molecule has 2 N–H and O–H groups in total. The molecule has 1 aromatic heterocycles. The summed E-state index contributed by atoms with van der Waals surface area (Å²) in [4.78, 5) is 20.3. The number of carbonyl (C=O) groups excluding carboxylic acids is 1. The predicted octanol–water partition coefficient (Wildman–Crippen LogP) is 4.97. The SMILES string of the molecule is O=C(Nc1ccc2nc(C3CCCO3)[nH]c2c1)c1ccc(Cl)cc1Cl. The molecule has 1 atom stereocenters. The van der Waals surface area contributed by atoms with Gasteiger partial charge >= 0.3 is 0 Å². The molecule has 1 aliphatic rings. The second kappa shape index (κ2) is 6.67. The molecule has 1 saturated heterocycles. The molecule has 0 radical (unpaired) electrons. The number of H-pyrrole nitrogens is 1. The Balaban J connectivity index is 1.57. The minimum atomic E-state index is -0.292. The minimum absolute atomic E-state index is 0.0262. The lowest BCUT2D eigenvalue weighted by atomic mass is 10.2. The van der Waals surface area contributed by atoms with Crippen LogP contribution in [0.2, 0.25) is 10.0 Å². The van der Waals surface area contributed by atoms with Crippen LogP contribution < -0.4 is 5.32 Å². The smallest absolute Gasteiger partial charge is 0.257 e. The summed E-state index contributed by atoms with van der Waals surface area (Å²) in [6.45, 7) is 0.769. The Morgan fingerprint density at radius 1 is 1.24 bits per heavy atom. The summed E-state index contributed by atoms with van der Waals surface area (Å²) in [5.74, 6) is 0.539. The zero-order chi connectivity index (χ0) is 17.4. The third kappa shape index (κ3) is 3.35. The number of ether oxygens (including phenoxy) is 1. The van der Waals surface area contributed by atoms with E-state index in [0.717, 1.165) is 36.3 Å². The molecule has 0 saturated carbocycles. The van der Waals surface area contributed by atoms with Crippen molar-refractivity contribution in [1.82, 2.24) is 9.97 Å². The number of aromatic nitrogens is 2. The van der Waals surface area contributed by atoms with Crippen molar-refractivity contribution in [3.05, 3.63) is 57.8 Å². The van der Waals surface area contributed by atoms with Crippen LogP contribution in [-0.2, 0) is 4.74 Å². The number of carbonyl (C=O) groups is 1. The van der Waals surface area contributed by atoms with Gasteiger partial charge in [0.1, 0.15) is 11.9 Å². The van der Waals surface area contributed by atoms with Gasteiger partial charge in [-0.2, -0.15) is 0 Å². The summed E-state index contributed by atoms with van der Waals surface area (Å²) in [6.07, 6.45) is 2.04. The number of anilines is 1. The molecule has 5 nitrogen and oxygen atoms in total. The third-order valence-corrected chi connectivity index (χ3v) is 4.72. The molecule has 2 heterocycles. The summed E-state index contributed by atoms with van der Waals surface area (Å²) in [7, 11) is 0. The number of halogens is 2. The summed E-state index contributed by atoms with van der Waals surface area (Å²) < 4.78 is 5.66. The highest BCUT2D eigenvalue weighted by Gasteiger charge is 2.21. The second-order valence-corrected chi connectivity index (χ2v) is 6.78. The van der Waals surface area contributed by atoms with E-state index < -0.39 is 0 Å². The van der Waals surface area contributed by atoms with Gasteiger partial charge in [-0.15, -0.1) is 0 Å². The fourth-order valence-electron chi connectivity index (χ4n) is 2.92. The number of amides is 1. The molecule has 0 spiro atoms. The number of nitrogens with zero attached hydrogens (tertiary/aromatic N) is 1. The third-order valence-electron chi connectivity index (χ3n) is 4.17. The highest BCUT2D eigenvalue weighted by molar-refractivity contribution is 6.37. The average Bonchev–Trinajstić information content (AvgIpc) is 3.23. The van der Waals surface area contributed by atoms with Gasteiger partial charge in [-0.05, 0) is 49.2 Å². The fraction of sp³-hybridized carbons (Fsp3) is 0.222. The van der Waals surface area contributed by atoms with Crippen LogP contribution in [0.5, 0.6) is 0 Å². The predicted molar refractivity (Wildman–Crippen MR) is 98.4 cm³/mol. The van der Waals surface area contributed by atoms with Crippen molar-refractivity contribution in [1.29, 1.82) is 0 Å². The Morgan fingerprint density at radius 3 is 2.88 bits per heavy atom. The first-order chi connectivity index (χ1) is 12.1. The van der Waals surface area contributed by atoms with E-state index in [9.17, 15) is 4.79 Å². The minimum Gasteiger partial charge on any atom is -0.370 e. The molecule has 25 heavy (non-hydrogen) atoms. The van der Waals surface area contributed by atoms with Crippen LogP contribution in [0.15, 0.2) is 36.4 Å². The van der Waals surface area contributed by atoms with Crippen molar-refractivity contribution >= 4 is 45.8 Å². The van der Waals surface area contributed by atoms with Gasteiger partial charge in [-0.25, -0.2) is 4.98 Å². The first kappa shape index (κ1) is 16.4. The Bertz CT molecular complexity index is 949. The molecule has 128 valence electrons. The number of hydrogen-bond donors (Lipinski definition) is 2. The van der Waals surface area contributed by atoms with E-state index in [1.165, 1.54) is 0 Å². The quantitative estimate of drug-likeness (QED) is 0.678. The van der Waals surface area contributed by atoms with Crippen LogP contribution >= 0.6 is 23.2 Å². The van der Waals surface area contributed by atoms with Gasteiger partial charge in [-0.1, -0.05) is 23.2 Å². The van der Waals surface area contributed by atoms with Crippen LogP contribution in [0.4, 0.5) is 5.69 Å². The van der Waals surface area contributed by atoms with E-state index in [2.05, 4.69) is 15.3 Å². The van der Waals surface area contributed by atoms with E-state index >= 15 is 0 Å². The number of hydrogen-bond acceptors (Lipinski definition) is 3. The van der Waals surface area contributed by atoms with Gasteiger partial charge in [0, 0.05) is 17.3 Å². The fourth-order valence-corrected chi connectivity index (χ4v) is 3.42. The first-order valence-electron chi connectivity index (χ1n) is 7.98. The number of fused-ring (bicyclic) bond motifs is 1. The highest BCUT2D eigenvalue weighted by Crippen LogP contribution is 2.29. The molecule has 0 aliphatic carbocycles. The summed E-state index contributed by atoms with van der Waals surface area (Å²) in [6, 6.07) is 10.3. The van der Waals surface area contributed by atoms with E-state index in [0.29, 0.717) is 21.3 Å². The molecule has 2 aromatic carbocycles. The molecular weight excluding hydrogens is 361 g/mol. The van der Waals surface area contributed by atoms with E-state index in [-0.39, 0.29) is 12.0 Å². The molecular formula is C18H15Cl2N3O2. The maximum Gasteiger partial charge on any atom is 0.257 e. The van der Waals surface area contributed by atoms with Gasteiger partial charge in [0.25, 0.3) is 5.91 Å². The monoisotopic (exact) mass is 375 g/mol. The average molecular weight is 376 g/mol. The van der Waals surface area contributed by atoms with Gasteiger partial charge in [-0.3, -0.25) is 4.79 Å². The number of benzene rings is 2. The summed E-state index contributed by atoms with van der Waals surface area (Å²) in [5, 5.41) is 3.65. The van der Waals surface area contributed by atoms with Gasteiger partial charge < -0.3 is 15.0 Å². The zero-order valence-electron chi connectivity index (χ0n) is 13.2. The Kier molecular flexibility index (Phi) is 4.37. The van der Waals surface area contributed by atoms with Gasteiger partial charge in [0.15, 0.2) is 0 Å². The number of rotatable bonds is 3. The maximum atomic E-state index is 12.4. The summed E-state index contributed by atoms with van der Waals surface area (Å²) >= 11 is 12.0. The first-order valence-corrected chi connectivity index (χ1v) is 8.73. The molecule has 4 rings (SSSR count). The van der Waals surface area contributed by atoms with E-state index in [1.807, 2.05) is 18.2 Å². The topological polar surface area (TPSA) is 67.0 Å². The molecule has 1 unspecified atom stereocenters. The number of nitrogens with one attached hydrogen (secondary N) is 2. The number of aromatic amines is 1. The maximum absolute atomic E-state index is 12.4. The molecule has 1 aliphatic heterocycles. The Morgan fingerprint density at radius 2 is 2.12 bits per heavy atom. The lowest BCUT2D eigenvalue weighted by Gasteiger charge is -2.07. The van der Waals surface area contributed by atoms with Crippen LogP contribution in [-0.4, -0.2) is 22.5 Å². The molecule has 7 heteroatoms. The molecule has 0 bridgehead atoms.